The average molecular weight is 230 g/mol. The predicted molar refractivity (Wildman–Crippen MR) is 66.6 cm³/mol. The molecule has 0 heterocycles. The van der Waals surface area contributed by atoms with Gasteiger partial charge in [-0.1, -0.05) is 27.7 Å². The Morgan fingerprint density at radius 1 is 1.31 bits per heavy atom. The molecule has 4 nitrogen and oxygen atoms in total. The second-order valence-corrected chi connectivity index (χ2v) is 5.16. The van der Waals surface area contributed by atoms with Gasteiger partial charge in [0.15, 0.2) is 0 Å². The summed E-state index contributed by atoms with van der Waals surface area (Å²) in [6.07, 6.45) is 0.650. The van der Waals surface area contributed by atoms with Crippen molar-refractivity contribution in [3.05, 3.63) is 0 Å². The molecule has 2 N–H and O–H groups in total. The number of nitrogens with one attached hydrogen (secondary N) is 1. The summed E-state index contributed by atoms with van der Waals surface area (Å²) in [5, 5.41) is 12.1. The first kappa shape index (κ1) is 15.4. The van der Waals surface area contributed by atoms with Crippen LogP contribution in [0.1, 0.15) is 34.1 Å². The van der Waals surface area contributed by atoms with E-state index in [1.807, 2.05) is 20.9 Å². The topological polar surface area (TPSA) is 52.6 Å². The first-order valence-electron chi connectivity index (χ1n) is 6.00. The lowest BCUT2D eigenvalue weighted by Gasteiger charge is -2.22. The van der Waals surface area contributed by atoms with Crippen molar-refractivity contribution in [2.45, 2.75) is 46.2 Å². The SMILES string of the molecule is CC(C)CN(C)CCC(NC(C)C)C(=O)O. The van der Waals surface area contributed by atoms with Gasteiger partial charge in [-0.15, -0.1) is 0 Å². The molecule has 0 aliphatic carbocycles. The van der Waals surface area contributed by atoms with Crippen molar-refractivity contribution in [3.8, 4) is 0 Å². The highest BCUT2D eigenvalue weighted by molar-refractivity contribution is 5.73. The first-order valence-corrected chi connectivity index (χ1v) is 6.00. The third-order valence-electron chi connectivity index (χ3n) is 2.31. The Morgan fingerprint density at radius 2 is 1.88 bits per heavy atom. The van der Waals surface area contributed by atoms with Crippen molar-refractivity contribution >= 4 is 5.97 Å². The van der Waals surface area contributed by atoms with Gasteiger partial charge in [-0.3, -0.25) is 4.79 Å². The largest absolute Gasteiger partial charge is 0.480 e. The van der Waals surface area contributed by atoms with Crippen LogP contribution in [0, 0.1) is 5.92 Å². The normalized spacial score (nSPS) is 13.8. The zero-order chi connectivity index (χ0) is 12.7. The molecule has 0 saturated carbocycles. The van der Waals surface area contributed by atoms with Gasteiger partial charge in [0.25, 0.3) is 0 Å². The van der Waals surface area contributed by atoms with E-state index >= 15 is 0 Å². The van der Waals surface area contributed by atoms with Gasteiger partial charge in [0.05, 0.1) is 0 Å². The van der Waals surface area contributed by atoms with Crippen LogP contribution in [-0.2, 0) is 4.79 Å². The zero-order valence-corrected chi connectivity index (χ0v) is 11.2. The molecule has 0 aromatic rings. The van der Waals surface area contributed by atoms with E-state index in [2.05, 4.69) is 24.1 Å². The maximum atomic E-state index is 11.0. The van der Waals surface area contributed by atoms with Gasteiger partial charge >= 0.3 is 5.97 Å². The molecule has 0 fully saturated rings. The van der Waals surface area contributed by atoms with Gasteiger partial charge in [0.2, 0.25) is 0 Å². The van der Waals surface area contributed by atoms with Crippen LogP contribution in [0.25, 0.3) is 0 Å². The molecule has 0 bridgehead atoms. The monoisotopic (exact) mass is 230 g/mol. The van der Waals surface area contributed by atoms with Crippen molar-refractivity contribution in [1.29, 1.82) is 0 Å². The molecule has 0 amide bonds. The Kier molecular flexibility index (Phi) is 7.34. The molecule has 96 valence electrons. The Morgan fingerprint density at radius 3 is 2.25 bits per heavy atom. The molecule has 0 rings (SSSR count). The van der Waals surface area contributed by atoms with E-state index in [9.17, 15) is 4.79 Å². The molecule has 1 unspecified atom stereocenters. The second kappa shape index (κ2) is 7.63. The van der Waals surface area contributed by atoms with Gasteiger partial charge < -0.3 is 15.3 Å². The van der Waals surface area contributed by atoms with E-state index in [1.165, 1.54) is 0 Å². The van der Waals surface area contributed by atoms with Gasteiger partial charge in [-0.25, -0.2) is 0 Å². The quantitative estimate of drug-likeness (QED) is 0.662. The highest BCUT2D eigenvalue weighted by Gasteiger charge is 2.18. The molecule has 4 heteroatoms. The summed E-state index contributed by atoms with van der Waals surface area (Å²) in [4.78, 5) is 13.2. The van der Waals surface area contributed by atoms with Crippen molar-refractivity contribution < 1.29 is 9.90 Å². The van der Waals surface area contributed by atoms with Crippen LogP contribution < -0.4 is 5.32 Å². The standard InChI is InChI=1S/C12H26N2O2/c1-9(2)8-14(5)7-6-11(12(15)16)13-10(3)4/h9-11,13H,6-8H2,1-5H3,(H,15,16). The zero-order valence-electron chi connectivity index (χ0n) is 11.2. The number of carbonyl (C=O) groups is 1. The van der Waals surface area contributed by atoms with Crippen LogP contribution in [0.2, 0.25) is 0 Å². The molecule has 0 saturated heterocycles. The summed E-state index contributed by atoms with van der Waals surface area (Å²) >= 11 is 0. The fourth-order valence-electron chi connectivity index (χ4n) is 1.74. The number of hydrogen-bond acceptors (Lipinski definition) is 3. The molecule has 0 aliphatic rings. The minimum atomic E-state index is -0.758. The van der Waals surface area contributed by atoms with E-state index in [4.69, 9.17) is 5.11 Å². The van der Waals surface area contributed by atoms with Crippen molar-refractivity contribution in [3.63, 3.8) is 0 Å². The molecular formula is C12H26N2O2. The molecule has 16 heavy (non-hydrogen) atoms. The van der Waals surface area contributed by atoms with Crippen LogP contribution in [0.5, 0.6) is 0 Å². The van der Waals surface area contributed by atoms with E-state index in [0.29, 0.717) is 12.3 Å². The molecular weight excluding hydrogens is 204 g/mol. The Labute approximate surface area is 99.0 Å². The minimum absolute atomic E-state index is 0.205. The van der Waals surface area contributed by atoms with Crippen molar-refractivity contribution in [2.75, 3.05) is 20.1 Å². The van der Waals surface area contributed by atoms with Crippen LogP contribution >= 0.6 is 0 Å². The summed E-state index contributed by atoms with van der Waals surface area (Å²) in [6.45, 7) is 10.1. The van der Waals surface area contributed by atoms with Gasteiger partial charge in [-0.05, 0) is 25.9 Å². The molecule has 0 aromatic carbocycles. The van der Waals surface area contributed by atoms with Gasteiger partial charge in [0, 0.05) is 12.6 Å². The minimum Gasteiger partial charge on any atom is -0.480 e. The van der Waals surface area contributed by atoms with Crippen LogP contribution in [0.4, 0.5) is 0 Å². The summed E-state index contributed by atoms with van der Waals surface area (Å²) in [6, 6.07) is -0.230. The number of aliphatic carboxylic acids is 1. The molecule has 0 spiro atoms. The van der Waals surface area contributed by atoms with Gasteiger partial charge in [0.1, 0.15) is 6.04 Å². The number of hydrogen-bond donors (Lipinski definition) is 2. The molecule has 0 aliphatic heterocycles. The summed E-state index contributed by atoms with van der Waals surface area (Å²) < 4.78 is 0. The van der Waals surface area contributed by atoms with E-state index in [0.717, 1.165) is 13.1 Å². The van der Waals surface area contributed by atoms with Crippen molar-refractivity contribution in [1.82, 2.24) is 10.2 Å². The van der Waals surface area contributed by atoms with Crippen molar-refractivity contribution in [2.24, 2.45) is 5.92 Å². The van der Waals surface area contributed by atoms with E-state index in [1.54, 1.807) is 0 Å². The van der Waals surface area contributed by atoms with Crippen LogP contribution in [-0.4, -0.2) is 48.2 Å². The maximum absolute atomic E-state index is 11.0. The van der Waals surface area contributed by atoms with Crippen LogP contribution in [0.15, 0.2) is 0 Å². The second-order valence-electron chi connectivity index (χ2n) is 5.16. The maximum Gasteiger partial charge on any atom is 0.320 e. The van der Waals surface area contributed by atoms with Crippen LogP contribution in [0.3, 0.4) is 0 Å². The number of rotatable bonds is 8. The Bertz CT molecular complexity index is 205. The third-order valence-corrected chi connectivity index (χ3v) is 2.31. The first-order chi connectivity index (χ1) is 7.32. The smallest absolute Gasteiger partial charge is 0.320 e. The summed E-state index contributed by atoms with van der Waals surface area (Å²) in [5.41, 5.74) is 0. The summed E-state index contributed by atoms with van der Waals surface area (Å²) in [7, 11) is 2.04. The Balaban J connectivity index is 3.97. The number of carboxylic acids is 1. The fourth-order valence-corrected chi connectivity index (χ4v) is 1.74. The molecule has 0 aromatic heterocycles. The van der Waals surface area contributed by atoms with E-state index < -0.39 is 12.0 Å². The summed E-state index contributed by atoms with van der Waals surface area (Å²) in [5.74, 6) is -0.141. The molecule has 0 radical (unpaired) electrons. The predicted octanol–water partition coefficient (Wildman–Crippen LogP) is 1.42. The number of carboxylic acid groups (broad SMARTS) is 1. The lowest BCUT2D eigenvalue weighted by atomic mass is 10.1. The highest BCUT2D eigenvalue weighted by Crippen LogP contribution is 2.00. The fraction of sp³-hybridized carbons (Fsp3) is 0.917. The van der Waals surface area contributed by atoms with E-state index in [-0.39, 0.29) is 6.04 Å². The van der Waals surface area contributed by atoms with Gasteiger partial charge in [-0.2, -0.15) is 0 Å². The third kappa shape index (κ3) is 7.65. The lowest BCUT2D eigenvalue weighted by molar-refractivity contribution is -0.139. The average Bonchev–Trinajstić information content (AvgIpc) is 2.09. The Hall–Kier alpha value is -0.610. The lowest BCUT2D eigenvalue weighted by Crippen LogP contribution is -2.43. The molecule has 1 atom stereocenters. The number of nitrogens with zero attached hydrogens (tertiary/aromatic N) is 1. The highest BCUT2D eigenvalue weighted by atomic mass is 16.4.